The molecule has 0 atom stereocenters. The molecule has 1 N–H and O–H groups in total. The zero-order valence-corrected chi connectivity index (χ0v) is 11.6. The minimum Gasteiger partial charge on any atom is -0.492 e. The van der Waals surface area contributed by atoms with Crippen LogP contribution in [0.1, 0.15) is 12.8 Å². The highest BCUT2D eigenvalue weighted by atomic mass is 16.6. The molecule has 0 radical (unpaired) electrons. The number of hydrogen-bond donors (Lipinski definition) is 1. The fourth-order valence-corrected chi connectivity index (χ4v) is 2.27. The van der Waals surface area contributed by atoms with E-state index in [0.717, 1.165) is 19.6 Å². The molecular formula is C14H21N3O3. The third-order valence-electron chi connectivity index (χ3n) is 3.40. The van der Waals surface area contributed by atoms with Gasteiger partial charge in [0.15, 0.2) is 0 Å². The number of nitro groups is 1. The van der Waals surface area contributed by atoms with Crippen LogP contribution >= 0.6 is 0 Å². The van der Waals surface area contributed by atoms with Gasteiger partial charge in [0.05, 0.1) is 4.92 Å². The summed E-state index contributed by atoms with van der Waals surface area (Å²) in [4.78, 5) is 12.6. The van der Waals surface area contributed by atoms with Gasteiger partial charge in [-0.05, 0) is 38.1 Å². The number of ether oxygens (including phenoxy) is 1. The lowest BCUT2D eigenvalue weighted by Crippen LogP contribution is -2.32. The Labute approximate surface area is 118 Å². The van der Waals surface area contributed by atoms with Gasteiger partial charge in [0, 0.05) is 31.8 Å². The molecule has 0 saturated carbocycles. The Bertz CT molecular complexity index is 416. The fourth-order valence-electron chi connectivity index (χ4n) is 2.27. The smallest absolute Gasteiger partial charge is 0.269 e. The van der Waals surface area contributed by atoms with E-state index in [0.29, 0.717) is 12.4 Å². The molecule has 6 heteroatoms. The van der Waals surface area contributed by atoms with Crippen molar-refractivity contribution in [2.45, 2.75) is 12.8 Å². The molecule has 1 aliphatic rings. The van der Waals surface area contributed by atoms with Gasteiger partial charge in [0.2, 0.25) is 0 Å². The van der Waals surface area contributed by atoms with Gasteiger partial charge >= 0.3 is 0 Å². The summed E-state index contributed by atoms with van der Waals surface area (Å²) in [7, 11) is 0. The molecule has 1 fully saturated rings. The third kappa shape index (κ3) is 4.79. The molecule has 1 aromatic carbocycles. The van der Waals surface area contributed by atoms with Crippen LogP contribution in [0.25, 0.3) is 0 Å². The van der Waals surface area contributed by atoms with E-state index in [1.165, 1.54) is 38.1 Å². The van der Waals surface area contributed by atoms with Crippen LogP contribution in [0.3, 0.4) is 0 Å². The molecule has 0 aliphatic carbocycles. The lowest BCUT2D eigenvalue weighted by Gasteiger charge is -2.14. The Hall–Kier alpha value is -1.66. The second-order valence-corrected chi connectivity index (χ2v) is 4.90. The zero-order chi connectivity index (χ0) is 14.2. The molecule has 0 spiro atoms. The molecule has 1 heterocycles. The summed E-state index contributed by atoms with van der Waals surface area (Å²) < 4.78 is 5.51. The second-order valence-electron chi connectivity index (χ2n) is 4.90. The van der Waals surface area contributed by atoms with Crippen LogP contribution in [0.5, 0.6) is 5.75 Å². The number of likely N-dealkylation sites (tertiary alicyclic amines) is 1. The predicted molar refractivity (Wildman–Crippen MR) is 77.1 cm³/mol. The highest BCUT2D eigenvalue weighted by molar-refractivity contribution is 5.35. The highest BCUT2D eigenvalue weighted by Crippen LogP contribution is 2.16. The summed E-state index contributed by atoms with van der Waals surface area (Å²) >= 11 is 0. The molecule has 1 aliphatic heterocycles. The number of nitrogens with zero attached hydrogens (tertiary/aromatic N) is 2. The maximum Gasteiger partial charge on any atom is 0.269 e. The van der Waals surface area contributed by atoms with Gasteiger partial charge in [-0.25, -0.2) is 0 Å². The van der Waals surface area contributed by atoms with Crippen LogP contribution in [-0.2, 0) is 0 Å². The largest absolute Gasteiger partial charge is 0.492 e. The summed E-state index contributed by atoms with van der Waals surface area (Å²) in [5.74, 6) is 0.664. The van der Waals surface area contributed by atoms with Gasteiger partial charge in [-0.1, -0.05) is 0 Å². The van der Waals surface area contributed by atoms with Crippen molar-refractivity contribution in [3.05, 3.63) is 34.4 Å². The Balaban J connectivity index is 1.55. The molecule has 2 rings (SSSR count). The van der Waals surface area contributed by atoms with E-state index in [1.54, 1.807) is 12.1 Å². The first-order valence-electron chi connectivity index (χ1n) is 7.06. The molecular weight excluding hydrogens is 258 g/mol. The van der Waals surface area contributed by atoms with Crippen LogP contribution in [0.2, 0.25) is 0 Å². The number of rotatable bonds is 8. The zero-order valence-electron chi connectivity index (χ0n) is 11.6. The number of nitro benzene ring substituents is 1. The van der Waals surface area contributed by atoms with E-state index in [-0.39, 0.29) is 5.69 Å². The van der Waals surface area contributed by atoms with Crippen molar-refractivity contribution in [2.75, 3.05) is 39.3 Å². The van der Waals surface area contributed by atoms with Crippen molar-refractivity contribution in [3.8, 4) is 5.75 Å². The monoisotopic (exact) mass is 279 g/mol. The molecule has 1 saturated heterocycles. The topological polar surface area (TPSA) is 67.6 Å². The van der Waals surface area contributed by atoms with Crippen LogP contribution in [0.15, 0.2) is 24.3 Å². The summed E-state index contributed by atoms with van der Waals surface area (Å²) in [5.41, 5.74) is 0.0843. The first-order valence-corrected chi connectivity index (χ1v) is 7.06. The number of nitrogens with one attached hydrogen (secondary N) is 1. The number of hydrogen-bond acceptors (Lipinski definition) is 5. The molecule has 0 amide bonds. The van der Waals surface area contributed by atoms with Crippen molar-refractivity contribution in [1.82, 2.24) is 10.2 Å². The maximum atomic E-state index is 10.5. The van der Waals surface area contributed by atoms with E-state index in [1.807, 2.05) is 0 Å². The summed E-state index contributed by atoms with van der Waals surface area (Å²) in [6.07, 6.45) is 2.65. The Morgan fingerprint density at radius 2 is 1.90 bits per heavy atom. The van der Waals surface area contributed by atoms with Crippen LogP contribution in [-0.4, -0.2) is 49.2 Å². The average Bonchev–Trinajstić information content (AvgIpc) is 2.96. The highest BCUT2D eigenvalue weighted by Gasteiger charge is 2.09. The maximum absolute atomic E-state index is 10.5. The minimum atomic E-state index is -0.413. The van der Waals surface area contributed by atoms with E-state index in [4.69, 9.17) is 4.74 Å². The van der Waals surface area contributed by atoms with E-state index >= 15 is 0 Å². The second kappa shape index (κ2) is 7.81. The van der Waals surface area contributed by atoms with Crippen LogP contribution in [0.4, 0.5) is 5.69 Å². The van der Waals surface area contributed by atoms with Gasteiger partial charge in [-0.3, -0.25) is 10.1 Å². The first kappa shape index (κ1) is 14.7. The molecule has 6 nitrogen and oxygen atoms in total. The van der Waals surface area contributed by atoms with E-state index in [2.05, 4.69) is 10.2 Å². The summed E-state index contributed by atoms with van der Waals surface area (Å²) in [6.45, 7) is 5.87. The first-order chi connectivity index (χ1) is 9.75. The Morgan fingerprint density at radius 1 is 1.20 bits per heavy atom. The lowest BCUT2D eigenvalue weighted by molar-refractivity contribution is -0.384. The Kier molecular flexibility index (Phi) is 5.76. The quantitative estimate of drug-likeness (QED) is 0.445. The van der Waals surface area contributed by atoms with E-state index < -0.39 is 4.92 Å². The van der Waals surface area contributed by atoms with Gasteiger partial charge in [0.25, 0.3) is 5.69 Å². The van der Waals surface area contributed by atoms with Crippen LogP contribution < -0.4 is 10.1 Å². The van der Waals surface area contributed by atoms with Crippen molar-refractivity contribution in [2.24, 2.45) is 0 Å². The van der Waals surface area contributed by atoms with Crippen molar-refractivity contribution in [1.29, 1.82) is 0 Å². The van der Waals surface area contributed by atoms with Gasteiger partial charge < -0.3 is 15.0 Å². The van der Waals surface area contributed by atoms with Gasteiger partial charge in [0.1, 0.15) is 12.4 Å². The number of non-ortho nitro benzene ring substituents is 1. The SMILES string of the molecule is O=[N+]([O-])c1ccc(OCCNCCN2CCCC2)cc1. The molecule has 0 bridgehead atoms. The van der Waals surface area contributed by atoms with Gasteiger partial charge in [-0.2, -0.15) is 0 Å². The number of benzene rings is 1. The normalized spacial score (nSPS) is 15.4. The predicted octanol–water partition coefficient (Wildman–Crippen LogP) is 1.66. The van der Waals surface area contributed by atoms with Crippen LogP contribution in [0, 0.1) is 10.1 Å². The Morgan fingerprint density at radius 3 is 2.55 bits per heavy atom. The van der Waals surface area contributed by atoms with Gasteiger partial charge in [-0.15, -0.1) is 0 Å². The molecule has 1 aromatic rings. The fraction of sp³-hybridized carbons (Fsp3) is 0.571. The van der Waals surface area contributed by atoms with Crippen molar-refractivity contribution < 1.29 is 9.66 Å². The molecule has 0 unspecified atom stereocenters. The lowest BCUT2D eigenvalue weighted by atomic mass is 10.3. The standard InChI is InChI=1S/C14H21N3O3/c18-17(19)13-3-5-14(6-4-13)20-12-8-15-7-11-16-9-1-2-10-16/h3-6,15H,1-2,7-12H2. The molecule has 20 heavy (non-hydrogen) atoms. The average molecular weight is 279 g/mol. The summed E-state index contributed by atoms with van der Waals surface area (Å²) in [5, 5.41) is 13.8. The van der Waals surface area contributed by atoms with E-state index in [9.17, 15) is 10.1 Å². The third-order valence-corrected chi connectivity index (χ3v) is 3.40. The summed E-state index contributed by atoms with van der Waals surface area (Å²) in [6, 6.07) is 6.16. The molecule has 110 valence electrons. The molecule has 0 aromatic heterocycles. The van der Waals surface area contributed by atoms with Crippen molar-refractivity contribution in [3.63, 3.8) is 0 Å². The van der Waals surface area contributed by atoms with Crippen molar-refractivity contribution >= 4 is 5.69 Å². The minimum absolute atomic E-state index is 0.0843.